The third-order valence-electron chi connectivity index (χ3n) is 3.95. The molecule has 1 aliphatic heterocycles. The summed E-state index contributed by atoms with van der Waals surface area (Å²) < 4.78 is 28.2. The van der Waals surface area contributed by atoms with E-state index < -0.39 is 9.84 Å². The van der Waals surface area contributed by atoms with Crippen LogP contribution in [0.1, 0.15) is 31.2 Å². The lowest BCUT2D eigenvalue weighted by Gasteiger charge is -2.10. The van der Waals surface area contributed by atoms with Crippen LogP contribution in [-0.2, 0) is 19.4 Å². The molecular weight excluding hydrogens is 344 g/mol. The number of benzene rings is 1. The minimum atomic E-state index is -2.99. The van der Waals surface area contributed by atoms with Gasteiger partial charge in [0.2, 0.25) is 11.8 Å². The number of carbonyl (C=O) groups excluding carboxylic acids is 2. The summed E-state index contributed by atoms with van der Waals surface area (Å²) in [4.78, 5) is 23.4. The molecule has 2 N–H and O–H groups in total. The standard InChI is InChI=1S/C17H24N2O5S/c1-13-4-2-5-15(10-13)24-8-3-6-16(20)18-19-17(21)11-14-7-9-25(22,23)12-14/h2,4-5,10,14H,3,6-9,11-12H2,1H3,(H,18,20)(H,19,21)/t14-/m1/s1. The highest BCUT2D eigenvalue weighted by Crippen LogP contribution is 2.21. The summed E-state index contributed by atoms with van der Waals surface area (Å²) in [6.07, 6.45) is 1.36. The van der Waals surface area contributed by atoms with Gasteiger partial charge in [-0.2, -0.15) is 0 Å². The Morgan fingerprint density at radius 2 is 2.00 bits per heavy atom. The van der Waals surface area contributed by atoms with Gasteiger partial charge in [0.15, 0.2) is 9.84 Å². The van der Waals surface area contributed by atoms with Gasteiger partial charge in [0.05, 0.1) is 18.1 Å². The summed E-state index contributed by atoms with van der Waals surface area (Å²) >= 11 is 0. The van der Waals surface area contributed by atoms with E-state index in [0.29, 0.717) is 19.4 Å². The normalized spacial score (nSPS) is 18.5. The second kappa shape index (κ2) is 8.84. The van der Waals surface area contributed by atoms with E-state index >= 15 is 0 Å². The summed E-state index contributed by atoms with van der Waals surface area (Å²) in [5.74, 6) is 0.111. The van der Waals surface area contributed by atoms with Gasteiger partial charge in [-0.15, -0.1) is 0 Å². The molecule has 0 saturated carbocycles. The second-order valence-corrected chi connectivity index (χ2v) is 8.57. The molecular formula is C17H24N2O5S. The quantitative estimate of drug-likeness (QED) is 0.555. The molecule has 0 radical (unpaired) electrons. The predicted octanol–water partition coefficient (Wildman–Crippen LogP) is 1.13. The number of hydrogen-bond donors (Lipinski definition) is 2. The van der Waals surface area contributed by atoms with Crippen molar-refractivity contribution in [3.8, 4) is 5.75 Å². The van der Waals surface area contributed by atoms with Gasteiger partial charge in [-0.3, -0.25) is 20.4 Å². The number of ether oxygens (including phenoxy) is 1. The molecule has 0 spiro atoms. The molecule has 1 saturated heterocycles. The van der Waals surface area contributed by atoms with Crippen LogP contribution in [0.3, 0.4) is 0 Å². The van der Waals surface area contributed by atoms with E-state index in [9.17, 15) is 18.0 Å². The van der Waals surface area contributed by atoms with Crippen LogP contribution in [0.4, 0.5) is 0 Å². The minimum Gasteiger partial charge on any atom is -0.494 e. The van der Waals surface area contributed by atoms with Crippen LogP contribution in [0.25, 0.3) is 0 Å². The zero-order valence-corrected chi connectivity index (χ0v) is 15.1. The molecule has 2 amide bonds. The summed E-state index contributed by atoms with van der Waals surface area (Å²) in [5.41, 5.74) is 5.77. The fourth-order valence-electron chi connectivity index (χ4n) is 2.68. The van der Waals surface area contributed by atoms with E-state index in [-0.39, 0.29) is 42.1 Å². The number of aryl methyl sites for hydroxylation is 1. The van der Waals surface area contributed by atoms with Crippen LogP contribution in [0.5, 0.6) is 5.75 Å². The molecule has 1 aromatic rings. The molecule has 25 heavy (non-hydrogen) atoms. The van der Waals surface area contributed by atoms with Crippen LogP contribution in [0, 0.1) is 12.8 Å². The molecule has 1 aliphatic rings. The van der Waals surface area contributed by atoms with Gasteiger partial charge < -0.3 is 4.74 Å². The van der Waals surface area contributed by atoms with Gasteiger partial charge >= 0.3 is 0 Å². The van der Waals surface area contributed by atoms with Crippen molar-refractivity contribution in [1.82, 2.24) is 10.9 Å². The van der Waals surface area contributed by atoms with E-state index in [1.54, 1.807) is 0 Å². The number of hydrogen-bond acceptors (Lipinski definition) is 5. The lowest BCUT2D eigenvalue weighted by Crippen LogP contribution is -2.42. The highest BCUT2D eigenvalue weighted by Gasteiger charge is 2.29. The van der Waals surface area contributed by atoms with Crippen LogP contribution in [-0.4, -0.2) is 38.3 Å². The Morgan fingerprint density at radius 3 is 2.68 bits per heavy atom. The van der Waals surface area contributed by atoms with Gasteiger partial charge in [0, 0.05) is 12.8 Å². The average Bonchev–Trinajstić information content (AvgIpc) is 2.88. The van der Waals surface area contributed by atoms with Crippen molar-refractivity contribution in [3.05, 3.63) is 29.8 Å². The van der Waals surface area contributed by atoms with E-state index in [2.05, 4.69) is 10.9 Å². The highest BCUT2D eigenvalue weighted by atomic mass is 32.2. The molecule has 7 nitrogen and oxygen atoms in total. The van der Waals surface area contributed by atoms with Crippen molar-refractivity contribution in [3.63, 3.8) is 0 Å². The van der Waals surface area contributed by atoms with Gasteiger partial charge in [-0.1, -0.05) is 12.1 Å². The monoisotopic (exact) mass is 368 g/mol. The third-order valence-corrected chi connectivity index (χ3v) is 5.79. The molecule has 1 aromatic carbocycles. The molecule has 1 atom stereocenters. The van der Waals surface area contributed by atoms with Gasteiger partial charge in [-0.25, -0.2) is 8.42 Å². The second-order valence-electron chi connectivity index (χ2n) is 6.34. The topological polar surface area (TPSA) is 102 Å². The van der Waals surface area contributed by atoms with Crippen LogP contribution in [0.2, 0.25) is 0 Å². The zero-order chi connectivity index (χ0) is 18.3. The number of nitrogens with one attached hydrogen (secondary N) is 2. The molecule has 0 aliphatic carbocycles. The van der Waals surface area contributed by atoms with Gasteiger partial charge in [0.25, 0.3) is 0 Å². The maximum atomic E-state index is 11.7. The Balaban J connectivity index is 1.57. The van der Waals surface area contributed by atoms with E-state index in [0.717, 1.165) is 11.3 Å². The fourth-order valence-corrected chi connectivity index (χ4v) is 4.54. The Hall–Kier alpha value is -2.09. The SMILES string of the molecule is Cc1cccc(OCCCC(=O)NNC(=O)C[C@H]2CCS(=O)(=O)C2)c1. The van der Waals surface area contributed by atoms with Crippen LogP contribution in [0.15, 0.2) is 24.3 Å². The van der Waals surface area contributed by atoms with Gasteiger partial charge in [-0.05, 0) is 43.4 Å². The maximum absolute atomic E-state index is 11.7. The fraction of sp³-hybridized carbons (Fsp3) is 0.529. The first kappa shape index (κ1) is 19.2. The third kappa shape index (κ3) is 7.13. The molecule has 2 rings (SSSR count). The summed E-state index contributed by atoms with van der Waals surface area (Å²) in [6.45, 7) is 2.38. The first-order valence-corrected chi connectivity index (χ1v) is 10.1. The number of rotatable bonds is 7. The van der Waals surface area contributed by atoms with Crippen LogP contribution >= 0.6 is 0 Å². The Bertz CT molecular complexity index is 718. The van der Waals surface area contributed by atoms with Crippen molar-refractivity contribution in [2.24, 2.45) is 5.92 Å². The number of amides is 2. The van der Waals surface area contributed by atoms with Crippen molar-refractivity contribution in [2.45, 2.75) is 32.6 Å². The van der Waals surface area contributed by atoms with Gasteiger partial charge in [0.1, 0.15) is 5.75 Å². The molecule has 8 heteroatoms. The molecule has 138 valence electrons. The molecule has 0 bridgehead atoms. The molecule has 1 heterocycles. The van der Waals surface area contributed by atoms with E-state index in [4.69, 9.17) is 4.74 Å². The number of carbonyl (C=O) groups is 2. The molecule has 1 fully saturated rings. The van der Waals surface area contributed by atoms with Crippen LogP contribution < -0.4 is 15.6 Å². The Morgan fingerprint density at radius 1 is 1.24 bits per heavy atom. The van der Waals surface area contributed by atoms with E-state index in [1.165, 1.54) is 0 Å². The highest BCUT2D eigenvalue weighted by molar-refractivity contribution is 7.91. The largest absolute Gasteiger partial charge is 0.494 e. The average molecular weight is 368 g/mol. The molecule has 0 aromatic heterocycles. The lowest BCUT2D eigenvalue weighted by molar-refractivity contribution is -0.129. The summed E-state index contributed by atoms with van der Waals surface area (Å²) in [7, 11) is -2.99. The number of sulfone groups is 1. The van der Waals surface area contributed by atoms with E-state index in [1.807, 2.05) is 31.2 Å². The van der Waals surface area contributed by atoms with Crippen molar-refractivity contribution in [1.29, 1.82) is 0 Å². The lowest BCUT2D eigenvalue weighted by atomic mass is 10.1. The smallest absolute Gasteiger partial charge is 0.238 e. The maximum Gasteiger partial charge on any atom is 0.238 e. The summed E-state index contributed by atoms with van der Waals surface area (Å²) in [5, 5.41) is 0. The first-order valence-electron chi connectivity index (χ1n) is 8.31. The summed E-state index contributed by atoms with van der Waals surface area (Å²) in [6, 6.07) is 7.66. The predicted molar refractivity (Wildman–Crippen MR) is 93.6 cm³/mol. The van der Waals surface area contributed by atoms with Crippen molar-refractivity contribution < 1.29 is 22.7 Å². The minimum absolute atomic E-state index is 0.0463. The number of hydrazine groups is 1. The Labute approximate surface area is 148 Å². The first-order chi connectivity index (χ1) is 11.8. The van der Waals surface area contributed by atoms with Crippen molar-refractivity contribution in [2.75, 3.05) is 18.1 Å². The van der Waals surface area contributed by atoms with Crippen molar-refractivity contribution >= 4 is 21.7 Å². The molecule has 0 unspecified atom stereocenters. The Kier molecular flexibility index (Phi) is 6.81. The zero-order valence-electron chi connectivity index (χ0n) is 14.3.